The molecule has 1 fully saturated rings. The number of hydrogen-bond acceptors (Lipinski definition) is 3. The van der Waals surface area contributed by atoms with Gasteiger partial charge in [-0.05, 0) is 32.1 Å². The van der Waals surface area contributed by atoms with Gasteiger partial charge in [0.25, 0.3) is 0 Å². The molecule has 0 bridgehead atoms. The Morgan fingerprint density at radius 1 is 0.958 bits per heavy atom. The van der Waals surface area contributed by atoms with Crippen LogP contribution >= 0.6 is 0 Å². The normalized spacial score (nSPS) is 19.0. The molecule has 0 spiro atoms. The lowest BCUT2D eigenvalue weighted by Gasteiger charge is -2.19. The molecular formula is C20H37NO3. The van der Waals surface area contributed by atoms with E-state index in [9.17, 15) is 10.1 Å². The maximum atomic E-state index is 11.2. The summed E-state index contributed by atoms with van der Waals surface area (Å²) >= 11 is 0. The van der Waals surface area contributed by atoms with Crippen LogP contribution < -0.4 is 0 Å². The van der Waals surface area contributed by atoms with Gasteiger partial charge in [0.05, 0.1) is 6.10 Å². The maximum absolute atomic E-state index is 11.2. The topological polar surface area (TPSA) is 52.4 Å². The second kappa shape index (κ2) is 14.7. The van der Waals surface area contributed by atoms with Gasteiger partial charge in [0.1, 0.15) is 0 Å². The summed E-state index contributed by atoms with van der Waals surface area (Å²) in [7, 11) is 0. The third-order valence-corrected chi connectivity index (χ3v) is 4.98. The fourth-order valence-electron chi connectivity index (χ4n) is 3.42. The molecule has 0 aromatic heterocycles. The summed E-state index contributed by atoms with van der Waals surface area (Å²) in [6.45, 7) is 4.67. The van der Waals surface area contributed by atoms with E-state index in [0.29, 0.717) is 6.42 Å². The van der Waals surface area contributed by atoms with Crippen LogP contribution in [0.1, 0.15) is 103 Å². The lowest BCUT2D eigenvalue weighted by molar-refractivity contribution is -0.524. The highest BCUT2D eigenvalue weighted by atomic mass is 16.6. The highest BCUT2D eigenvalue weighted by Gasteiger charge is 2.20. The van der Waals surface area contributed by atoms with Crippen LogP contribution in [0.5, 0.6) is 0 Å². The van der Waals surface area contributed by atoms with Crippen molar-refractivity contribution in [2.45, 2.75) is 109 Å². The van der Waals surface area contributed by atoms with Gasteiger partial charge < -0.3 is 4.74 Å². The Hall–Kier alpha value is -0.640. The van der Waals surface area contributed by atoms with E-state index in [1.165, 1.54) is 38.2 Å². The molecule has 4 nitrogen and oxygen atoms in total. The lowest BCUT2D eigenvalue weighted by atomic mass is 9.98. The average Bonchev–Trinajstić information content (AvgIpc) is 2.58. The van der Waals surface area contributed by atoms with Crippen molar-refractivity contribution in [1.29, 1.82) is 0 Å². The molecule has 1 rings (SSSR count). The summed E-state index contributed by atoms with van der Waals surface area (Å²) in [5.41, 5.74) is 0. The van der Waals surface area contributed by atoms with E-state index in [2.05, 4.69) is 6.92 Å². The van der Waals surface area contributed by atoms with Crippen LogP contribution in [0, 0.1) is 23.1 Å². The highest BCUT2D eigenvalue weighted by molar-refractivity contribution is 4.79. The van der Waals surface area contributed by atoms with E-state index in [-0.39, 0.29) is 11.0 Å². The number of unbranched alkanes of at least 4 members (excludes halogenated alkanes) is 4. The molecule has 0 saturated carbocycles. The van der Waals surface area contributed by atoms with Gasteiger partial charge in [-0.15, -0.1) is 0 Å². The van der Waals surface area contributed by atoms with E-state index in [0.717, 1.165) is 70.8 Å². The molecule has 1 aliphatic rings. The minimum atomic E-state index is -0.370. The lowest BCUT2D eigenvalue weighted by Crippen LogP contribution is -2.19. The quantitative estimate of drug-likeness (QED) is 0.253. The number of hydrogen-bond donors (Lipinski definition) is 0. The van der Waals surface area contributed by atoms with Gasteiger partial charge in [-0.2, -0.15) is 0 Å². The SMILES string of the molecule is [CH2]CCCCCCC(CCC[C]1CCCCCCCCO1)[N+](=O)[O-]. The second-order valence-corrected chi connectivity index (χ2v) is 7.15. The first kappa shape index (κ1) is 21.4. The predicted molar refractivity (Wildman–Crippen MR) is 99.2 cm³/mol. The van der Waals surface area contributed by atoms with Crippen molar-refractivity contribution in [2.75, 3.05) is 6.61 Å². The molecule has 0 amide bonds. The smallest absolute Gasteiger partial charge is 0.213 e. The first-order chi connectivity index (χ1) is 11.7. The van der Waals surface area contributed by atoms with Crippen LogP contribution in [-0.2, 0) is 4.74 Å². The number of nitro groups is 1. The fourth-order valence-corrected chi connectivity index (χ4v) is 3.42. The molecule has 0 aromatic rings. The van der Waals surface area contributed by atoms with E-state index < -0.39 is 0 Å². The zero-order valence-electron chi connectivity index (χ0n) is 15.5. The van der Waals surface area contributed by atoms with Crippen molar-refractivity contribution in [3.8, 4) is 0 Å². The Morgan fingerprint density at radius 3 is 2.38 bits per heavy atom. The average molecular weight is 340 g/mol. The zero-order valence-corrected chi connectivity index (χ0v) is 15.5. The van der Waals surface area contributed by atoms with Crippen LogP contribution in [0.4, 0.5) is 0 Å². The molecule has 0 aliphatic carbocycles. The Bertz CT molecular complexity index is 299. The first-order valence-corrected chi connectivity index (χ1v) is 10.1. The molecule has 24 heavy (non-hydrogen) atoms. The van der Waals surface area contributed by atoms with Crippen molar-refractivity contribution < 1.29 is 9.66 Å². The monoisotopic (exact) mass is 339 g/mol. The largest absolute Gasteiger partial charge is 0.372 e. The first-order valence-electron chi connectivity index (χ1n) is 10.1. The van der Waals surface area contributed by atoms with Gasteiger partial charge in [0, 0.05) is 24.4 Å². The number of ether oxygens (including phenoxy) is 1. The molecular weight excluding hydrogens is 302 g/mol. The molecule has 2 radical (unpaired) electrons. The molecule has 1 aliphatic heterocycles. The van der Waals surface area contributed by atoms with Crippen LogP contribution in [0.15, 0.2) is 0 Å². The van der Waals surface area contributed by atoms with Gasteiger partial charge in [0.2, 0.25) is 6.04 Å². The van der Waals surface area contributed by atoms with Crippen LogP contribution in [0.3, 0.4) is 0 Å². The summed E-state index contributed by atoms with van der Waals surface area (Å²) < 4.78 is 5.93. The summed E-state index contributed by atoms with van der Waals surface area (Å²) in [5.74, 6) is 0. The highest BCUT2D eigenvalue weighted by Crippen LogP contribution is 2.24. The van der Waals surface area contributed by atoms with Gasteiger partial charge in [-0.25, -0.2) is 0 Å². The van der Waals surface area contributed by atoms with Gasteiger partial charge in [0.15, 0.2) is 0 Å². The molecule has 1 unspecified atom stereocenters. The Balaban J connectivity index is 2.20. The van der Waals surface area contributed by atoms with Crippen molar-refractivity contribution in [3.05, 3.63) is 23.1 Å². The molecule has 1 saturated heterocycles. The van der Waals surface area contributed by atoms with Crippen LogP contribution in [0.25, 0.3) is 0 Å². The minimum absolute atomic E-state index is 0.0692. The minimum Gasteiger partial charge on any atom is -0.372 e. The van der Waals surface area contributed by atoms with Crippen molar-refractivity contribution in [1.82, 2.24) is 0 Å². The van der Waals surface area contributed by atoms with E-state index in [1.807, 2.05) is 0 Å². The Labute approximate surface area is 148 Å². The molecule has 0 aromatic carbocycles. The summed E-state index contributed by atoms with van der Waals surface area (Å²) in [4.78, 5) is 11.2. The predicted octanol–water partition coefficient (Wildman–Crippen LogP) is 6.27. The van der Waals surface area contributed by atoms with Crippen LogP contribution in [-0.4, -0.2) is 17.6 Å². The molecule has 1 heterocycles. The summed E-state index contributed by atoms with van der Waals surface area (Å²) in [5, 5.41) is 11.2. The second-order valence-electron chi connectivity index (χ2n) is 7.15. The number of nitrogens with zero attached hydrogens (tertiary/aromatic N) is 1. The van der Waals surface area contributed by atoms with E-state index >= 15 is 0 Å². The molecule has 140 valence electrons. The fraction of sp³-hybridized carbons (Fsp3) is 0.900. The zero-order chi connectivity index (χ0) is 17.5. The Kier molecular flexibility index (Phi) is 13.1. The molecule has 4 heteroatoms. The van der Waals surface area contributed by atoms with E-state index in [4.69, 9.17) is 4.74 Å². The Morgan fingerprint density at radius 2 is 1.62 bits per heavy atom. The van der Waals surface area contributed by atoms with Gasteiger partial charge in [-0.3, -0.25) is 10.1 Å². The van der Waals surface area contributed by atoms with Gasteiger partial charge in [-0.1, -0.05) is 64.7 Å². The van der Waals surface area contributed by atoms with Crippen molar-refractivity contribution >= 4 is 0 Å². The number of rotatable bonds is 11. The summed E-state index contributed by atoms with van der Waals surface area (Å²) in [6, 6.07) is -0.370. The van der Waals surface area contributed by atoms with Gasteiger partial charge >= 0.3 is 0 Å². The standard InChI is InChI=1S/C20H37NO3/c1-2-3-4-7-10-14-19(21(22)23)15-13-17-20-16-11-8-5-6-9-12-18-24-20/h19H,1-18H2. The third kappa shape index (κ3) is 11.0. The summed E-state index contributed by atoms with van der Waals surface area (Å²) in [6.07, 6.45) is 18.4. The molecule has 0 N–H and O–H groups in total. The van der Waals surface area contributed by atoms with E-state index in [1.54, 1.807) is 0 Å². The third-order valence-electron chi connectivity index (χ3n) is 4.98. The van der Waals surface area contributed by atoms with Crippen molar-refractivity contribution in [2.24, 2.45) is 0 Å². The maximum Gasteiger partial charge on any atom is 0.213 e. The van der Waals surface area contributed by atoms with Crippen molar-refractivity contribution in [3.63, 3.8) is 0 Å². The van der Waals surface area contributed by atoms with Crippen LogP contribution in [0.2, 0.25) is 0 Å². The molecule has 1 atom stereocenters.